The molecule has 3 nitrogen and oxygen atoms in total. The van der Waals surface area contributed by atoms with E-state index in [1.54, 1.807) is 7.11 Å². The van der Waals surface area contributed by atoms with Gasteiger partial charge >= 0.3 is 0 Å². The van der Waals surface area contributed by atoms with E-state index in [0.717, 1.165) is 19.4 Å². The first-order valence-corrected chi connectivity index (χ1v) is 4.68. The molecule has 0 rings (SSSR count). The van der Waals surface area contributed by atoms with Crippen molar-refractivity contribution in [1.82, 2.24) is 5.32 Å². The maximum atomic E-state index is 11.1. The fourth-order valence-corrected chi connectivity index (χ4v) is 0.927. The summed E-state index contributed by atoms with van der Waals surface area (Å²) in [5, 5.41) is 2.83. The molecule has 0 radical (unpaired) electrons. The number of methoxy groups -OCH3 is 1. The number of carbonyl (C=O) groups excluding carboxylic acids is 1. The highest BCUT2D eigenvalue weighted by atomic mass is 16.5. The van der Waals surface area contributed by atoms with E-state index >= 15 is 0 Å². The van der Waals surface area contributed by atoms with Crippen LogP contribution in [0.5, 0.6) is 0 Å². The molecule has 0 aliphatic heterocycles. The highest BCUT2D eigenvalue weighted by molar-refractivity contribution is 5.75. The lowest BCUT2D eigenvalue weighted by Crippen LogP contribution is -2.23. The van der Waals surface area contributed by atoms with Crippen LogP contribution in [0.25, 0.3) is 0 Å². The molecule has 0 bridgehead atoms. The van der Waals surface area contributed by atoms with Crippen molar-refractivity contribution in [2.24, 2.45) is 0 Å². The van der Waals surface area contributed by atoms with Crippen LogP contribution in [0.15, 0.2) is 12.2 Å². The average molecular weight is 185 g/mol. The lowest BCUT2D eigenvalue weighted by molar-refractivity contribution is -0.121. The molecule has 0 aliphatic rings. The molecule has 1 N–H and O–H groups in total. The second-order valence-corrected chi connectivity index (χ2v) is 2.80. The van der Waals surface area contributed by atoms with Crippen LogP contribution < -0.4 is 5.32 Å². The zero-order chi connectivity index (χ0) is 9.94. The minimum Gasteiger partial charge on any atom is -0.385 e. The Morgan fingerprint density at radius 2 is 2.31 bits per heavy atom. The van der Waals surface area contributed by atoms with Gasteiger partial charge < -0.3 is 10.1 Å². The number of allylic oxidation sites excluding steroid dienone is 1. The lowest BCUT2D eigenvalue weighted by Gasteiger charge is -2.02. The third kappa shape index (κ3) is 9.08. The van der Waals surface area contributed by atoms with E-state index in [9.17, 15) is 4.79 Å². The van der Waals surface area contributed by atoms with Crippen molar-refractivity contribution in [3.63, 3.8) is 0 Å². The number of ether oxygens (including phenoxy) is 1. The van der Waals surface area contributed by atoms with Gasteiger partial charge in [-0.25, -0.2) is 0 Å². The van der Waals surface area contributed by atoms with E-state index < -0.39 is 0 Å². The average Bonchev–Trinajstić information content (AvgIpc) is 2.13. The molecule has 13 heavy (non-hydrogen) atoms. The fourth-order valence-electron chi connectivity index (χ4n) is 0.927. The molecule has 0 aromatic carbocycles. The second-order valence-electron chi connectivity index (χ2n) is 2.80. The first-order chi connectivity index (χ1) is 6.31. The van der Waals surface area contributed by atoms with E-state index in [2.05, 4.69) is 5.32 Å². The fraction of sp³-hybridized carbons (Fsp3) is 0.700. The number of amides is 1. The summed E-state index contributed by atoms with van der Waals surface area (Å²) in [6.45, 7) is 3.36. The van der Waals surface area contributed by atoms with Crippen LogP contribution in [0.4, 0.5) is 0 Å². The van der Waals surface area contributed by atoms with E-state index in [0.29, 0.717) is 13.0 Å². The van der Waals surface area contributed by atoms with Crippen LogP contribution in [0.2, 0.25) is 0 Å². The highest BCUT2D eigenvalue weighted by Crippen LogP contribution is 1.89. The van der Waals surface area contributed by atoms with Crippen LogP contribution in [-0.4, -0.2) is 26.2 Å². The second kappa shape index (κ2) is 9.26. The number of carbonyl (C=O) groups is 1. The van der Waals surface area contributed by atoms with Gasteiger partial charge in [-0.1, -0.05) is 12.2 Å². The largest absolute Gasteiger partial charge is 0.385 e. The highest BCUT2D eigenvalue weighted by Gasteiger charge is 1.98. The van der Waals surface area contributed by atoms with Crippen molar-refractivity contribution < 1.29 is 9.53 Å². The van der Waals surface area contributed by atoms with Gasteiger partial charge in [0.2, 0.25) is 5.91 Å². The van der Waals surface area contributed by atoms with Crippen molar-refractivity contribution in [2.45, 2.75) is 26.2 Å². The third-order valence-corrected chi connectivity index (χ3v) is 1.62. The summed E-state index contributed by atoms with van der Waals surface area (Å²) in [6.07, 6.45) is 6.29. The minimum atomic E-state index is 0.113. The van der Waals surface area contributed by atoms with Gasteiger partial charge in [-0.05, 0) is 19.8 Å². The predicted molar refractivity (Wildman–Crippen MR) is 53.6 cm³/mol. The Hall–Kier alpha value is -0.830. The van der Waals surface area contributed by atoms with Crippen LogP contribution in [0.1, 0.15) is 26.2 Å². The maximum absolute atomic E-state index is 11.1. The van der Waals surface area contributed by atoms with Crippen LogP contribution in [0, 0.1) is 0 Å². The molecule has 0 spiro atoms. The number of hydrogen-bond acceptors (Lipinski definition) is 2. The van der Waals surface area contributed by atoms with Gasteiger partial charge in [0, 0.05) is 26.7 Å². The van der Waals surface area contributed by atoms with Crippen molar-refractivity contribution in [1.29, 1.82) is 0 Å². The maximum Gasteiger partial charge on any atom is 0.220 e. The van der Waals surface area contributed by atoms with Gasteiger partial charge in [0.25, 0.3) is 0 Å². The molecule has 0 fully saturated rings. The van der Waals surface area contributed by atoms with Crippen LogP contribution in [0.3, 0.4) is 0 Å². The quantitative estimate of drug-likeness (QED) is 0.482. The monoisotopic (exact) mass is 185 g/mol. The van der Waals surface area contributed by atoms with Crippen LogP contribution >= 0.6 is 0 Å². The zero-order valence-electron chi connectivity index (χ0n) is 8.51. The van der Waals surface area contributed by atoms with E-state index in [-0.39, 0.29) is 5.91 Å². The van der Waals surface area contributed by atoms with Gasteiger partial charge in [0.15, 0.2) is 0 Å². The molecule has 0 aromatic heterocycles. The van der Waals surface area contributed by atoms with Gasteiger partial charge in [-0.2, -0.15) is 0 Å². The van der Waals surface area contributed by atoms with E-state index in [1.165, 1.54) is 0 Å². The summed E-state index contributed by atoms with van der Waals surface area (Å²) >= 11 is 0. The molecule has 0 atom stereocenters. The van der Waals surface area contributed by atoms with Crippen molar-refractivity contribution in [3.05, 3.63) is 12.2 Å². The Kier molecular flexibility index (Phi) is 8.67. The predicted octanol–water partition coefficient (Wildman–Crippen LogP) is 1.50. The summed E-state index contributed by atoms with van der Waals surface area (Å²) in [5.41, 5.74) is 0. The number of nitrogens with one attached hydrogen (secondary N) is 1. The summed E-state index contributed by atoms with van der Waals surface area (Å²) in [6, 6.07) is 0. The van der Waals surface area contributed by atoms with Crippen molar-refractivity contribution in [3.8, 4) is 0 Å². The number of hydrogen-bond donors (Lipinski definition) is 1. The van der Waals surface area contributed by atoms with Gasteiger partial charge in [-0.15, -0.1) is 0 Å². The first kappa shape index (κ1) is 12.2. The molecular weight excluding hydrogens is 166 g/mol. The SMILES string of the molecule is C/C=C/CCNC(=O)CCCOC. The number of rotatable bonds is 7. The van der Waals surface area contributed by atoms with Gasteiger partial charge in [0.1, 0.15) is 0 Å². The molecule has 0 saturated carbocycles. The zero-order valence-corrected chi connectivity index (χ0v) is 8.51. The first-order valence-electron chi connectivity index (χ1n) is 4.68. The Balaban J connectivity index is 3.20. The van der Waals surface area contributed by atoms with E-state index in [4.69, 9.17) is 4.74 Å². The Morgan fingerprint density at radius 1 is 1.54 bits per heavy atom. The minimum absolute atomic E-state index is 0.113. The smallest absolute Gasteiger partial charge is 0.220 e. The van der Waals surface area contributed by atoms with Gasteiger partial charge in [0.05, 0.1) is 0 Å². The lowest BCUT2D eigenvalue weighted by atomic mass is 10.3. The Morgan fingerprint density at radius 3 is 2.92 bits per heavy atom. The molecule has 0 aromatic rings. The summed E-state index contributed by atoms with van der Waals surface area (Å²) < 4.78 is 4.84. The van der Waals surface area contributed by atoms with Gasteiger partial charge in [-0.3, -0.25) is 4.79 Å². The summed E-state index contributed by atoms with van der Waals surface area (Å²) in [4.78, 5) is 11.1. The molecule has 3 heteroatoms. The normalized spacial score (nSPS) is 10.6. The summed E-state index contributed by atoms with van der Waals surface area (Å²) in [5.74, 6) is 0.113. The molecule has 0 unspecified atom stereocenters. The molecule has 76 valence electrons. The topological polar surface area (TPSA) is 38.3 Å². The van der Waals surface area contributed by atoms with E-state index in [1.807, 2.05) is 19.1 Å². The van der Waals surface area contributed by atoms with Crippen molar-refractivity contribution in [2.75, 3.05) is 20.3 Å². The third-order valence-electron chi connectivity index (χ3n) is 1.62. The molecule has 0 saturated heterocycles. The molecular formula is C10H19NO2. The molecule has 0 aliphatic carbocycles. The van der Waals surface area contributed by atoms with Crippen molar-refractivity contribution >= 4 is 5.91 Å². The standard InChI is InChI=1S/C10H19NO2/c1-3-4-5-8-11-10(12)7-6-9-13-2/h3-4H,5-9H2,1-2H3,(H,11,12)/b4-3+. The van der Waals surface area contributed by atoms with Crippen LogP contribution in [-0.2, 0) is 9.53 Å². The molecule has 0 heterocycles. The molecule has 1 amide bonds. The Labute approximate surface area is 80.2 Å². The summed E-state index contributed by atoms with van der Waals surface area (Å²) in [7, 11) is 1.64. The Bertz CT molecular complexity index is 155.